The molecule has 2 unspecified atom stereocenters. The van der Waals surface area contributed by atoms with Crippen LogP contribution in [0.3, 0.4) is 0 Å². The highest BCUT2D eigenvalue weighted by Crippen LogP contribution is 2.31. The Kier molecular flexibility index (Phi) is 3.91. The van der Waals surface area contributed by atoms with Gasteiger partial charge in [0.15, 0.2) is 0 Å². The van der Waals surface area contributed by atoms with Gasteiger partial charge in [0.1, 0.15) is 11.9 Å². The van der Waals surface area contributed by atoms with E-state index in [2.05, 4.69) is 51.1 Å². The van der Waals surface area contributed by atoms with Crippen LogP contribution in [0.15, 0.2) is 39.5 Å². The lowest BCUT2D eigenvalue weighted by Gasteiger charge is -2.16. The molecule has 4 heteroatoms. The van der Waals surface area contributed by atoms with Gasteiger partial charge in [-0.2, -0.15) is 11.3 Å². The first-order valence-corrected chi connectivity index (χ1v) is 8.16. The van der Waals surface area contributed by atoms with Crippen LogP contribution < -0.4 is 10.1 Å². The van der Waals surface area contributed by atoms with Crippen LogP contribution in [0.4, 0.5) is 0 Å². The zero-order valence-electron chi connectivity index (χ0n) is 10.7. The van der Waals surface area contributed by atoms with Crippen LogP contribution in [0.2, 0.25) is 0 Å². The Morgan fingerprint density at radius 3 is 3.16 bits per heavy atom. The average Bonchev–Trinajstić information content (AvgIpc) is 3.04. The molecule has 2 heterocycles. The largest absolute Gasteiger partial charge is 0.488 e. The summed E-state index contributed by atoms with van der Waals surface area (Å²) in [5.41, 5.74) is 2.65. The zero-order valence-corrected chi connectivity index (χ0v) is 13.1. The molecule has 0 aliphatic carbocycles. The molecule has 0 saturated heterocycles. The van der Waals surface area contributed by atoms with E-state index >= 15 is 0 Å². The Balaban J connectivity index is 1.56. The van der Waals surface area contributed by atoms with Crippen molar-refractivity contribution in [1.82, 2.24) is 5.32 Å². The van der Waals surface area contributed by atoms with Gasteiger partial charge in [-0.1, -0.05) is 15.9 Å². The van der Waals surface area contributed by atoms with Crippen LogP contribution in [0.1, 0.15) is 24.1 Å². The lowest BCUT2D eigenvalue weighted by molar-refractivity contribution is 0.223. The van der Waals surface area contributed by atoms with Gasteiger partial charge < -0.3 is 10.1 Å². The van der Waals surface area contributed by atoms with Crippen molar-refractivity contribution in [3.05, 3.63) is 50.6 Å². The highest BCUT2D eigenvalue weighted by Gasteiger charge is 2.23. The quantitative estimate of drug-likeness (QED) is 0.904. The summed E-state index contributed by atoms with van der Waals surface area (Å²) >= 11 is 5.24. The SMILES string of the molecule is CC(NCC1Cc2cc(Br)ccc2O1)c1ccsc1. The maximum absolute atomic E-state index is 5.95. The molecule has 2 atom stereocenters. The molecular weight excluding hydrogens is 322 g/mol. The van der Waals surface area contributed by atoms with Gasteiger partial charge in [0.2, 0.25) is 0 Å². The third-order valence-electron chi connectivity index (χ3n) is 3.46. The number of rotatable bonds is 4. The van der Waals surface area contributed by atoms with Crippen LogP contribution in [0.25, 0.3) is 0 Å². The molecule has 3 rings (SSSR count). The molecule has 1 aromatic heterocycles. The molecule has 19 heavy (non-hydrogen) atoms. The van der Waals surface area contributed by atoms with Crippen molar-refractivity contribution < 1.29 is 4.74 Å². The van der Waals surface area contributed by atoms with Crippen LogP contribution >= 0.6 is 27.3 Å². The molecule has 2 nitrogen and oxygen atoms in total. The Bertz CT molecular complexity index is 555. The highest BCUT2D eigenvalue weighted by molar-refractivity contribution is 9.10. The zero-order chi connectivity index (χ0) is 13.2. The van der Waals surface area contributed by atoms with Gasteiger partial charge in [0.05, 0.1) is 0 Å². The molecule has 0 radical (unpaired) electrons. The number of nitrogens with one attached hydrogen (secondary N) is 1. The number of benzene rings is 1. The van der Waals surface area contributed by atoms with Crippen LogP contribution in [-0.2, 0) is 6.42 Å². The Morgan fingerprint density at radius 2 is 2.37 bits per heavy atom. The van der Waals surface area contributed by atoms with Crippen molar-refractivity contribution >= 4 is 27.3 Å². The van der Waals surface area contributed by atoms with Gasteiger partial charge in [0, 0.05) is 23.5 Å². The molecule has 0 amide bonds. The summed E-state index contributed by atoms with van der Waals surface area (Å²) in [5, 5.41) is 7.86. The molecule has 2 aromatic rings. The average molecular weight is 338 g/mol. The van der Waals surface area contributed by atoms with Gasteiger partial charge in [0.25, 0.3) is 0 Å². The monoisotopic (exact) mass is 337 g/mol. The minimum Gasteiger partial charge on any atom is -0.488 e. The number of ether oxygens (including phenoxy) is 1. The number of hydrogen-bond acceptors (Lipinski definition) is 3. The number of hydrogen-bond donors (Lipinski definition) is 1. The van der Waals surface area contributed by atoms with Crippen molar-refractivity contribution in [2.45, 2.75) is 25.5 Å². The second-order valence-corrected chi connectivity index (χ2v) is 6.58. The lowest BCUT2D eigenvalue weighted by Crippen LogP contribution is -2.31. The van der Waals surface area contributed by atoms with Gasteiger partial charge in [-0.15, -0.1) is 0 Å². The van der Waals surface area contributed by atoms with Crippen molar-refractivity contribution in [1.29, 1.82) is 0 Å². The Morgan fingerprint density at radius 1 is 1.47 bits per heavy atom. The molecule has 1 N–H and O–H groups in total. The van der Waals surface area contributed by atoms with Crippen molar-refractivity contribution in [3.63, 3.8) is 0 Å². The molecule has 1 aliphatic heterocycles. The summed E-state index contributed by atoms with van der Waals surface area (Å²) in [4.78, 5) is 0. The fourth-order valence-corrected chi connectivity index (χ4v) is 3.51. The third-order valence-corrected chi connectivity index (χ3v) is 4.65. The Labute approximate surface area is 125 Å². The van der Waals surface area contributed by atoms with E-state index in [1.165, 1.54) is 11.1 Å². The van der Waals surface area contributed by atoms with Crippen molar-refractivity contribution in [2.24, 2.45) is 0 Å². The van der Waals surface area contributed by atoms with Gasteiger partial charge in [-0.3, -0.25) is 0 Å². The van der Waals surface area contributed by atoms with Crippen LogP contribution in [0.5, 0.6) is 5.75 Å². The minimum atomic E-state index is 0.241. The van der Waals surface area contributed by atoms with Gasteiger partial charge >= 0.3 is 0 Å². The summed E-state index contributed by atoms with van der Waals surface area (Å²) < 4.78 is 7.07. The normalized spacial score (nSPS) is 18.9. The molecule has 1 aliphatic rings. The Hall–Kier alpha value is -0.840. The lowest BCUT2D eigenvalue weighted by atomic mass is 10.1. The standard InChI is InChI=1S/C15H16BrNOS/c1-10(11-4-5-19-9-11)17-8-14-7-12-6-13(16)2-3-15(12)18-14/h2-6,9-10,14,17H,7-8H2,1H3. The first-order chi connectivity index (χ1) is 9.22. The summed E-state index contributed by atoms with van der Waals surface area (Å²) in [7, 11) is 0. The first kappa shape index (κ1) is 13.2. The van der Waals surface area contributed by atoms with E-state index in [1.54, 1.807) is 11.3 Å². The molecule has 0 saturated carbocycles. The second kappa shape index (κ2) is 5.65. The molecule has 0 fully saturated rings. The molecule has 0 bridgehead atoms. The topological polar surface area (TPSA) is 21.3 Å². The first-order valence-electron chi connectivity index (χ1n) is 6.43. The minimum absolute atomic E-state index is 0.241. The second-order valence-electron chi connectivity index (χ2n) is 4.88. The summed E-state index contributed by atoms with van der Waals surface area (Å²) in [6.45, 7) is 3.07. The summed E-state index contributed by atoms with van der Waals surface area (Å²) in [6, 6.07) is 8.77. The number of halogens is 1. The smallest absolute Gasteiger partial charge is 0.123 e. The third kappa shape index (κ3) is 3.02. The number of fused-ring (bicyclic) bond motifs is 1. The van der Waals surface area contributed by atoms with Crippen LogP contribution in [0, 0.1) is 0 Å². The molecule has 1 aromatic carbocycles. The predicted molar refractivity (Wildman–Crippen MR) is 83.0 cm³/mol. The van der Waals surface area contributed by atoms with Gasteiger partial charge in [-0.25, -0.2) is 0 Å². The van der Waals surface area contributed by atoms with Gasteiger partial charge in [-0.05, 0) is 53.1 Å². The van der Waals surface area contributed by atoms with E-state index in [9.17, 15) is 0 Å². The van der Waals surface area contributed by atoms with E-state index in [0.29, 0.717) is 6.04 Å². The molecular formula is C15H16BrNOS. The van der Waals surface area contributed by atoms with E-state index in [0.717, 1.165) is 23.2 Å². The predicted octanol–water partition coefficient (Wildman–Crippen LogP) is 4.16. The van der Waals surface area contributed by atoms with E-state index in [1.807, 2.05) is 12.1 Å². The molecule has 100 valence electrons. The van der Waals surface area contributed by atoms with Crippen LogP contribution in [-0.4, -0.2) is 12.6 Å². The highest BCUT2D eigenvalue weighted by atomic mass is 79.9. The summed E-state index contributed by atoms with van der Waals surface area (Å²) in [5.74, 6) is 1.03. The van der Waals surface area contributed by atoms with E-state index in [-0.39, 0.29) is 6.10 Å². The maximum Gasteiger partial charge on any atom is 0.123 e. The van der Waals surface area contributed by atoms with Crippen molar-refractivity contribution in [3.8, 4) is 5.75 Å². The fourth-order valence-electron chi connectivity index (χ4n) is 2.35. The van der Waals surface area contributed by atoms with E-state index < -0.39 is 0 Å². The molecule has 0 spiro atoms. The summed E-state index contributed by atoms with van der Waals surface area (Å²) in [6.07, 6.45) is 1.23. The van der Waals surface area contributed by atoms with E-state index in [4.69, 9.17) is 4.74 Å². The fraction of sp³-hybridized carbons (Fsp3) is 0.333. The number of thiophene rings is 1. The maximum atomic E-state index is 5.95. The van der Waals surface area contributed by atoms with Crippen molar-refractivity contribution in [2.75, 3.05) is 6.54 Å².